The minimum absolute atomic E-state index is 0.244. The molecule has 2 aromatic carbocycles. The van der Waals surface area contributed by atoms with Gasteiger partial charge in [0, 0.05) is 23.2 Å². The highest BCUT2D eigenvalue weighted by atomic mass is 35.5. The molecular formula is C25H20Cl2N4O4. The third-order valence-electron chi connectivity index (χ3n) is 5.88. The van der Waals surface area contributed by atoms with Crippen molar-refractivity contribution in [2.24, 2.45) is 0 Å². The Balaban J connectivity index is 1.82. The quantitative estimate of drug-likeness (QED) is 0.402. The number of carbonyl (C=O) groups is 1. The molecule has 1 aliphatic rings. The van der Waals surface area contributed by atoms with Gasteiger partial charge in [-0.2, -0.15) is 9.78 Å². The van der Waals surface area contributed by atoms with Crippen LogP contribution in [0.2, 0.25) is 10.0 Å². The van der Waals surface area contributed by atoms with Crippen molar-refractivity contribution in [3.8, 4) is 28.3 Å². The highest BCUT2D eigenvalue weighted by Crippen LogP contribution is 2.36. The Labute approximate surface area is 210 Å². The number of hydrogen-bond donors (Lipinski definition) is 1. The summed E-state index contributed by atoms with van der Waals surface area (Å²) in [4.78, 5) is 30.9. The van der Waals surface area contributed by atoms with Gasteiger partial charge in [0.15, 0.2) is 12.2 Å². The van der Waals surface area contributed by atoms with E-state index in [0.717, 1.165) is 16.7 Å². The van der Waals surface area contributed by atoms with Crippen molar-refractivity contribution in [2.75, 3.05) is 18.0 Å². The minimum atomic E-state index is -1.03. The molecule has 10 heteroatoms. The van der Waals surface area contributed by atoms with E-state index in [9.17, 15) is 14.7 Å². The molecule has 0 fully saturated rings. The zero-order valence-corrected chi connectivity index (χ0v) is 20.2. The third-order valence-corrected chi connectivity index (χ3v) is 6.49. The first-order chi connectivity index (χ1) is 16.8. The molecule has 2 aromatic heterocycles. The second kappa shape index (κ2) is 9.20. The molecule has 0 unspecified atom stereocenters. The fourth-order valence-corrected chi connectivity index (χ4v) is 5.04. The predicted molar refractivity (Wildman–Crippen MR) is 134 cm³/mol. The van der Waals surface area contributed by atoms with Crippen molar-refractivity contribution in [3.63, 3.8) is 0 Å². The van der Waals surface area contributed by atoms with Gasteiger partial charge in [0.05, 0.1) is 21.9 Å². The lowest BCUT2D eigenvalue weighted by atomic mass is 9.95. The number of anilines is 1. The van der Waals surface area contributed by atoms with Crippen LogP contribution in [-0.2, 0) is 11.2 Å². The summed E-state index contributed by atoms with van der Waals surface area (Å²) in [6.07, 6.45) is 4.25. The molecule has 0 radical (unpaired) electrons. The number of nitrogens with zero attached hydrogens (tertiary/aromatic N) is 4. The standard InChI is InChI=1S/C25H20Cl2N4O4/c1-14-8-15(20-11-28-13-35-20)10-16(9-14)22-17-4-3-7-30(12-21(32)33)23(17)25(34)31(29-22)24-18(26)5-2-6-19(24)27/h2,5-6,8-11,13H,3-4,7,12H2,1H3,(H,32,33). The molecular weight excluding hydrogens is 491 g/mol. The third kappa shape index (κ3) is 4.31. The number of carboxylic acids is 1. The van der Waals surface area contributed by atoms with Crippen molar-refractivity contribution in [2.45, 2.75) is 19.8 Å². The Morgan fingerprint density at radius 3 is 2.57 bits per heavy atom. The largest absolute Gasteiger partial charge is 0.480 e. The van der Waals surface area contributed by atoms with Crippen LogP contribution in [0.5, 0.6) is 0 Å². The second-order valence-corrected chi connectivity index (χ2v) is 9.15. The summed E-state index contributed by atoms with van der Waals surface area (Å²) >= 11 is 12.9. The summed E-state index contributed by atoms with van der Waals surface area (Å²) in [7, 11) is 0. The van der Waals surface area contributed by atoms with Crippen molar-refractivity contribution < 1.29 is 14.3 Å². The number of fused-ring (bicyclic) bond motifs is 1. The topological polar surface area (TPSA) is 101 Å². The fraction of sp³-hybridized carbons (Fsp3) is 0.200. The maximum absolute atomic E-state index is 13.7. The van der Waals surface area contributed by atoms with Gasteiger partial charge in [-0.25, -0.2) is 4.98 Å². The van der Waals surface area contributed by atoms with E-state index in [0.29, 0.717) is 42.1 Å². The first-order valence-electron chi connectivity index (χ1n) is 10.9. The number of benzene rings is 2. The highest BCUT2D eigenvalue weighted by molar-refractivity contribution is 6.37. The Kier molecular flexibility index (Phi) is 6.08. The summed E-state index contributed by atoms with van der Waals surface area (Å²) in [5, 5.41) is 14.7. The molecule has 0 spiro atoms. The average Bonchev–Trinajstić information content (AvgIpc) is 3.35. The van der Waals surface area contributed by atoms with E-state index in [1.165, 1.54) is 11.1 Å². The van der Waals surface area contributed by atoms with Crippen LogP contribution in [0.1, 0.15) is 17.5 Å². The van der Waals surface area contributed by atoms with Crippen LogP contribution in [0, 0.1) is 6.92 Å². The molecule has 0 saturated heterocycles. The van der Waals surface area contributed by atoms with E-state index < -0.39 is 11.5 Å². The van der Waals surface area contributed by atoms with Crippen LogP contribution >= 0.6 is 23.2 Å². The van der Waals surface area contributed by atoms with E-state index in [2.05, 4.69) is 4.98 Å². The molecule has 0 saturated carbocycles. The van der Waals surface area contributed by atoms with E-state index in [1.54, 1.807) is 29.3 Å². The molecule has 3 heterocycles. The van der Waals surface area contributed by atoms with E-state index in [-0.39, 0.29) is 22.3 Å². The molecule has 1 aliphatic heterocycles. The lowest BCUT2D eigenvalue weighted by Crippen LogP contribution is -2.41. The average molecular weight is 511 g/mol. The van der Waals surface area contributed by atoms with Gasteiger partial charge in [-0.3, -0.25) is 9.59 Å². The van der Waals surface area contributed by atoms with Crippen LogP contribution in [0.3, 0.4) is 0 Å². The minimum Gasteiger partial charge on any atom is -0.480 e. The van der Waals surface area contributed by atoms with Gasteiger partial charge in [-0.05, 0) is 55.7 Å². The van der Waals surface area contributed by atoms with Gasteiger partial charge >= 0.3 is 5.97 Å². The van der Waals surface area contributed by atoms with Crippen molar-refractivity contribution >= 4 is 34.9 Å². The normalized spacial score (nSPS) is 13.1. The maximum Gasteiger partial charge on any atom is 0.323 e. The summed E-state index contributed by atoms with van der Waals surface area (Å²) in [5.41, 5.74) is 3.82. The summed E-state index contributed by atoms with van der Waals surface area (Å²) in [5.74, 6) is -0.431. The SMILES string of the molecule is Cc1cc(-c2cnco2)cc(-c2nn(-c3c(Cl)cccc3Cl)c(=O)c3c2CCCN3CC(=O)O)c1. The molecule has 0 bridgehead atoms. The number of oxazole rings is 1. The van der Waals surface area contributed by atoms with Crippen molar-refractivity contribution in [1.29, 1.82) is 0 Å². The van der Waals surface area contributed by atoms with E-state index >= 15 is 0 Å². The number of hydrogen-bond acceptors (Lipinski definition) is 6. The van der Waals surface area contributed by atoms with Gasteiger partial charge in [0.25, 0.3) is 5.56 Å². The monoisotopic (exact) mass is 510 g/mol. The first-order valence-corrected chi connectivity index (χ1v) is 11.7. The molecule has 4 aromatic rings. The van der Waals surface area contributed by atoms with Crippen LogP contribution < -0.4 is 10.5 Å². The zero-order valence-electron chi connectivity index (χ0n) is 18.7. The van der Waals surface area contributed by atoms with E-state index in [1.807, 2.05) is 25.1 Å². The van der Waals surface area contributed by atoms with Crippen LogP contribution in [0.15, 0.2) is 58.2 Å². The lowest BCUT2D eigenvalue weighted by Gasteiger charge is -2.31. The fourth-order valence-electron chi connectivity index (χ4n) is 4.49. The molecule has 0 aliphatic carbocycles. The van der Waals surface area contributed by atoms with E-state index in [4.69, 9.17) is 32.7 Å². The summed E-state index contributed by atoms with van der Waals surface area (Å²) < 4.78 is 6.66. The number of para-hydroxylation sites is 1. The summed E-state index contributed by atoms with van der Waals surface area (Å²) in [6.45, 7) is 2.08. The number of aromatic nitrogens is 3. The number of carboxylic acid groups (broad SMARTS) is 1. The predicted octanol–water partition coefficient (Wildman–Crippen LogP) is 5.01. The maximum atomic E-state index is 13.7. The number of aryl methyl sites for hydroxylation is 1. The number of halogens is 2. The Bertz CT molecular complexity index is 1480. The molecule has 178 valence electrons. The Morgan fingerprint density at radius 1 is 1.14 bits per heavy atom. The molecule has 1 N–H and O–H groups in total. The number of aliphatic carboxylic acids is 1. The van der Waals surface area contributed by atoms with Crippen LogP contribution in [0.25, 0.3) is 28.3 Å². The molecule has 8 nitrogen and oxygen atoms in total. The van der Waals surface area contributed by atoms with Crippen LogP contribution in [0.4, 0.5) is 5.69 Å². The van der Waals surface area contributed by atoms with Gasteiger partial charge in [-0.15, -0.1) is 0 Å². The molecule has 0 atom stereocenters. The van der Waals surface area contributed by atoms with Crippen molar-refractivity contribution in [1.82, 2.24) is 14.8 Å². The molecule has 5 rings (SSSR count). The molecule has 0 amide bonds. The highest BCUT2D eigenvalue weighted by Gasteiger charge is 2.29. The Hall–Kier alpha value is -3.62. The lowest BCUT2D eigenvalue weighted by molar-refractivity contribution is -0.135. The zero-order chi connectivity index (χ0) is 24.7. The van der Waals surface area contributed by atoms with Crippen molar-refractivity contribution in [3.05, 3.63) is 80.5 Å². The number of rotatable bonds is 5. The van der Waals surface area contributed by atoms with Gasteiger partial charge in [-0.1, -0.05) is 29.3 Å². The smallest absolute Gasteiger partial charge is 0.323 e. The first kappa shape index (κ1) is 23.1. The van der Waals surface area contributed by atoms with Gasteiger partial charge in [0.2, 0.25) is 0 Å². The van der Waals surface area contributed by atoms with Gasteiger partial charge in [0.1, 0.15) is 17.9 Å². The second-order valence-electron chi connectivity index (χ2n) is 8.34. The Morgan fingerprint density at radius 2 is 1.89 bits per heavy atom. The summed E-state index contributed by atoms with van der Waals surface area (Å²) in [6, 6.07) is 10.8. The molecule has 35 heavy (non-hydrogen) atoms. The van der Waals surface area contributed by atoms with Crippen LogP contribution in [-0.4, -0.2) is 38.9 Å². The van der Waals surface area contributed by atoms with Gasteiger partial charge < -0.3 is 14.4 Å².